The molecule has 0 bridgehead atoms. The number of rotatable bonds is 3. The van der Waals surface area contributed by atoms with Gasteiger partial charge >= 0.3 is 0 Å². The molecule has 6 heteroatoms. The van der Waals surface area contributed by atoms with Gasteiger partial charge in [0.25, 0.3) is 0 Å². The average Bonchev–Trinajstić information content (AvgIpc) is 2.73. The highest BCUT2D eigenvalue weighted by molar-refractivity contribution is 9.10. The van der Waals surface area contributed by atoms with Gasteiger partial charge in [-0.25, -0.2) is 9.37 Å². The maximum Gasteiger partial charge on any atom is 0.201 e. The molecule has 0 amide bonds. The van der Waals surface area contributed by atoms with Crippen LogP contribution in [0, 0.1) is 5.82 Å². The van der Waals surface area contributed by atoms with E-state index in [2.05, 4.69) is 25.9 Å². The lowest BCUT2D eigenvalue weighted by Crippen LogP contribution is -2.05. The van der Waals surface area contributed by atoms with E-state index in [1.54, 1.807) is 18.5 Å². The lowest BCUT2D eigenvalue weighted by molar-refractivity contribution is 0.621. The second-order valence-electron chi connectivity index (χ2n) is 4.48. The summed E-state index contributed by atoms with van der Waals surface area (Å²) in [4.78, 5) is 8.24. The van der Waals surface area contributed by atoms with E-state index >= 15 is 0 Å². The second-order valence-corrected chi connectivity index (χ2v) is 5.34. The van der Waals surface area contributed by atoms with Crippen molar-refractivity contribution in [1.82, 2.24) is 14.5 Å². The van der Waals surface area contributed by atoms with Gasteiger partial charge in [0.2, 0.25) is 5.95 Å². The topological polar surface area (TPSA) is 56.7 Å². The Hall–Kier alpha value is -1.95. The van der Waals surface area contributed by atoms with Crippen molar-refractivity contribution in [2.75, 3.05) is 5.73 Å². The normalized spacial score (nSPS) is 11.1. The number of nitrogen functional groups attached to an aromatic ring is 1. The Balaban J connectivity index is 1.95. The summed E-state index contributed by atoms with van der Waals surface area (Å²) in [6, 6.07) is 7.00. The van der Waals surface area contributed by atoms with Crippen LogP contribution in [0.5, 0.6) is 0 Å². The molecule has 0 aliphatic rings. The van der Waals surface area contributed by atoms with Crippen LogP contribution < -0.4 is 5.73 Å². The fourth-order valence-corrected chi connectivity index (χ4v) is 2.50. The molecule has 3 rings (SSSR count). The molecule has 102 valence electrons. The van der Waals surface area contributed by atoms with Crippen molar-refractivity contribution in [1.29, 1.82) is 0 Å². The zero-order chi connectivity index (χ0) is 14.1. The van der Waals surface area contributed by atoms with E-state index in [4.69, 9.17) is 5.73 Å². The molecule has 2 N–H and O–H groups in total. The number of halogens is 2. The quantitative estimate of drug-likeness (QED) is 0.800. The molecule has 20 heavy (non-hydrogen) atoms. The van der Waals surface area contributed by atoms with Gasteiger partial charge in [-0.1, -0.05) is 0 Å². The summed E-state index contributed by atoms with van der Waals surface area (Å²) < 4.78 is 15.9. The van der Waals surface area contributed by atoms with Crippen molar-refractivity contribution < 1.29 is 4.39 Å². The molecular formula is C14H12BrFN4. The Bertz CT molecular complexity index is 755. The number of pyridine rings is 1. The minimum absolute atomic E-state index is 0.317. The van der Waals surface area contributed by atoms with Crippen LogP contribution in [-0.2, 0) is 13.0 Å². The van der Waals surface area contributed by atoms with Crippen LogP contribution in [0.4, 0.5) is 10.3 Å². The molecule has 0 atom stereocenters. The predicted octanol–water partition coefficient (Wildman–Crippen LogP) is 3.16. The SMILES string of the molecule is Nc1nc2cc(Br)c(F)cc2n1CCc1ccncc1. The number of imidazole rings is 1. The Morgan fingerprint density at radius 1 is 1.25 bits per heavy atom. The third-order valence-corrected chi connectivity index (χ3v) is 3.80. The first-order valence-electron chi connectivity index (χ1n) is 6.15. The zero-order valence-corrected chi connectivity index (χ0v) is 12.1. The number of aromatic nitrogens is 3. The maximum atomic E-state index is 13.7. The molecule has 3 aromatic rings. The molecule has 0 saturated heterocycles. The van der Waals surface area contributed by atoms with E-state index in [1.165, 1.54) is 6.07 Å². The zero-order valence-electron chi connectivity index (χ0n) is 10.6. The number of aryl methyl sites for hydroxylation is 2. The number of nitrogens with zero attached hydrogens (tertiary/aromatic N) is 3. The van der Waals surface area contributed by atoms with Crippen molar-refractivity contribution in [3.63, 3.8) is 0 Å². The van der Waals surface area contributed by atoms with E-state index < -0.39 is 0 Å². The van der Waals surface area contributed by atoms with Crippen LogP contribution in [-0.4, -0.2) is 14.5 Å². The van der Waals surface area contributed by atoms with E-state index in [9.17, 15) is 4.39 Å². The van der Waals surface area contributed by atoms with Crippen LogP contribution in [0.3, 0.4) is 0 Å². The van der Waals surface area contributed by atoms with E-state index in [0.717, 1.165) is 12.0 Å². The summed E-state index contributed by atoms with van der Waals surface area (Å²) >= 11 is 3.15. The van der Waals surface area contributed by atoms with Gasteiger partial charge in [0.1, 0.15) is 5.82 Å². The van der Waals surface area contributed by atoms with Crippen LogP contribution in [0.15, 0.2) is 41.1 Å². The Morgan fingerprint density at radius 2 is 2.00 bits per heavy atom. The standard InChI is InChI=1S/C14H12BrFN4/c15-10-7-12-13(8-11(10)16)20(14(17)19-12)6-3-9-1-4-18-5-2-9/h1-2,4-5,7-8H,3,6H2,(H2,17,19). The van der Waals surface area contributed by atoms with Gasteiger partial charge in [0.05, 0.1) is 15.5 Å². The summed E-state index contributed by atoms with van der Waals surface area (Å²) in [5.41, 5.74) is 8.46. The molecule has 0 fully saturated rings. The summed E-state index contributed by atoms with van der Waals surface area (Å²) in [6.07, 6.45) is 4.29. The minimum Gasteiger partial charge on any atom is -0.369 e. The lowest BCUT2D eigenvalue weighted by atomic mass is 10.2. The number of fused-ring (bicyclic) bond motifs is 1. The maximum absolute atomic E-state index is 13.7. The van der Waals surface area contributed by atoms with Crippen molar-refractivity contribution >= 4 is 32.9 Å². The molecular weight excluding hydrogens is 323 g/mol. The van der Waals surface area contributed by atoms with Gasteiger partial charge in [0, 0.05) is 25.0 Å². The number of benzene rings is 1. The first-order chi connectivity index (χ1) is 9.65. The molecule has 2 aromatic heterocycles. The first-order valence-corrected chi connectivity index (χ1v) is 6.94. The largest absolute Gasteiger partial charge is 0.369 e. The molecule has 0 saturated carbocycles. The monoisotopic (exact) mass is 334 g/mol. The van der Waals surface area contributed by atoms with Gasteiger partial charge < -0.3 is 10.3 Å². The number of hydrogen-bond acceptors (Lipinski definition) is 3. The minimum atomic E-state index is -0.317. The Labute approximate surface area is 123 Å². The van der Waals surface area contributed by atoms with Crippen molar-refractivity contribution in [3.05, 3.63) is 52.5 Å². The van der Waals surface area contributed by atoms with Gasteiger partial charge in [-0.2, -0.15) is 0 Å². The molecule has 2 heterocycles. The predicted molar refractivity (Wildman–Crippen MR) is 79.7 cm³/mol. The molecule has 1 aromatic carbocycles. The first kappa shape index (κ1) is 13.1. The molecule has 0 aliphatic carbocycles. The molecule has 4 nitrogen and oxygen atoms in total. The van der Waals surface area contributed by atoms with Crippen LogP contribution in [0.1, 0.15) is 5.56 Å². The molecule has 0 aliphatic heterocycles. The highest BCUT2D eigenvalue weighted by Crippen LogP contribution is 2.25. The lowest BCUT2D eigenvalue weighted by Gasteiger charge is -2.06. The summed E-state index contributed by atoms with van der Waals surface area (Å²) in [5.74, 6) is 0.0779. The van der Waals surface area contributed by atoms with Crippen LogP contribution in [0.2, 0.25) is 0 Å². The summed E-state index contributed by atoms with van der Waals surface area (Å²) in [6.45, 7) is 0.646. The van der Waals surface area contributed by atoms with Crippen molar-refractivity contribution in [2.24, 2.45) is 0 Å². The number of nitrogens with two attached hydrogens (primary N) is 1. The van der Waals surface area contributed by atoms with Gasteiger partial charge in [-0.15, -0.1) is 0 Å². The van der Waals surface area contributed by atoms with Crippen LogP contribution in [0.25, 0.3) is 11.0 Å². The van der Waals surface area contributed by atoms with Gasteiger partial charge in [-0.3, -0.25) is 4.98 Å². The van der Waals surface area contributed by atoms with E-state index in [-0.39, 0.29) is 5.82 Å². The van der Waals surface area contributed by atoms with Crippen LogP contribution >= 0.6 is 15.9 Å². The smallest absolute Gasteiger partial charge is 0.201 e. The fraction of sp³-hybridized carbons (Fsp3) is 0.143. The molecule has 0 unspecified atom stereocenters. The summed E-state index contributed by atoms with van der Waals surface area (Å²) in [5, 5.41) is 0. The highest BCUT2D eigenvalue weighted by Gasteiger charge is 2.11. The van der Waals surface area contributed by atoms with Crippen molar-refractivity contribution in [3.8, 4) is 0 Å². The Morgan fingerprint density at radius 3 is 2.75 bits per heavy atom. The summed E-state index contributed by atoms with van der Waals surface area (Å²) in [7, 11) is 0. The van der Waals surface area contributed by atoms with Crippen molar-refractivity contribution in [2.45, 2.75) is 13.0 Å². The third kappa shape index (κ3) is 2.38. The molecule has 0 radical (unpaired) electrons. The second kappa shape index (κ2) is 5.20. The Kier molecular flexibility index (Phi) is 3.40. The molecule has 0 spiro atoms. The number of anilines is 1. The van der Waals surface area contributed by atoms with E-state index in [0.29, 0.717) is 28.0 Å². The fourth-order valence-electron chi connectivity index (χ4n) is 2.16. The third-order valence-electron chi connectivity index (χ3n) is 3.19. The highest BCUT2D eigenvalue weighted by atomic mass is 79.9. The van der Waals surface area contributed by atoms with Gasteiger partial charge in [0.15, 0.2) is 0 Å². The van der Waals surface area contributed by atoms with Gasteiger partial charge in [-0.05, 0) is 46.1 Å². The van der Waals surface area contributed by atoms with E-state index in [1.807, 2.05) is 16.7 Å². The number of hydrogen-bond donors (Lipinski definition) is 1. The average molecular weight is 335 g/mol.